The predicted octanol–water partition coefficient (Wildman–Crippen LogP) is 1.40. The fraction of sp³-hybridized carbons (Fsp3) is 1.00. The van der Waals surface area contributed by atoms with E-state index in [1.165, 1.54) is 25.7 Å². The average Bonchev–Trinajstić information content (AvgIpc) is 2.06. The van der Waals surface area contributed by atoms with Crippen LogP contribution in [-0.4, -0.2) is 20.3 Å². The second kappa shape index (κ2) is 4.73. The number of hydrogen-bond donors (Lipinski definition) is 1. The summed E-state index contributed by atoms with van der Waals surface area (Å²) in [5.41, 5.74) is 5.62. The zero-order valence-electron chi connectivity index (χ0n) is 7.38. The van der Waals surface area contributed by atoms with E-state index in [0.29, 0.717) is 0 Å². The molecule has 0 spiro atoms. The molecule has 0 amide bonds. The zero-order valence-corrected chi connectivity index (χ0v) is 7.38. The van der Waals surface area contributed by atoms with Crippen molar-refractivity contribution < 1.29 is 4.74 Å². The van der Waals surface area contributed by atoms with Crippen molar-refractivity contribution in [3.05, 3.63) is 0 Å². The molecule has 0 saturated heterocycles. The lowest BCUT2D eigenvalue weighted by Crippen LogP contribution is -2.24. The summed E-state index contributed by atoms with van der Waals surface area (Å²) in [6.07, 6.45) is 5.29. The second-order valence-corrected chi connectivity index (χ2v) is 3.59. The Kier molecular flexibility index (Phi) is 3.87. The maximum absolute atomic E-state index is 5.62. The van der Waals surface area contributed by atoms with Gasteiger partial charge in [-0.3, -0.25) is 0 Å². The number of rotatable bonds is 3. The normalized spacial score (nSPS) is 32.2. The predicted molar refractivity (Wildman–Crippen MR) is 46.4 cm³/mol. The Morgan fingerprint density at radius 3 is 2.73 bits per heavy atom. The molecule has 66 valence electrons. The summed E-state index contributed by atoms with van der Waals surface area (Å²) in [6.45, 7) is 1.79. The SMILES string of the molecule is COCC1CCCC(CN)C1. The van der Waals surface area contributed by atoms with Gasteiger partial charge in [0.15, 0.2) is 0 Å². The third-order valence-electron chi connectivity index (χ3n) is 2.63. The number of methoxy groups -OCH3 is 1. The Morgan fingerprint density at radius 2 is 2.09 bits per heavy atom. The lowest BCUT2D eigenvalue weighted by molar-refractivity contribution is 0.116. The number of ether oxygens (including phenoxy) is 1. The van der Waals surface area contributed by atoms with Crippen LogP contribution in [0.3, 0.4) is 0 Å². The summed E-state index contributed by atoms with van der Waals surface area (Å²) in [6, 6.07) is 0. The molecule has 2 nitrogen and oxygen atoms in total. The van der Waals surface area contributed by atoms with Gasteiger partial charge in [0.2, 0.25) is 0 Å². The highest BCUT2D eigenvalue weighted by Crippen LogP contribution is 2.28. The van der Waals surface area contributed by atoms with Crippen molar-refractivity contribution in [1.82, 2.24) is 0 Å². The van der Waals surface area contributed by atoms with E-state index < -0.39 is 0 Å². The van der Waals surface area contributed by atoms with E-state index in [4.69, 9.17) is 10.5 Å². The van der Waals surface area contributed by atoms with E-state index in [9.17, 15) is 0 Å². The van der Waals surface area contributed by atoms with Crippen LogP contribution in [0.5, 0.6) is 0 Å². The van der Waals surface area contributed by atoms with Crippen LogP contribution in [0.4, 0.5) is 0 Å². The highest BCUT2D eigenvalue weighted by molar-refractivity contribution is 4.73. The lowest BCUT2D eigenvalue weighted by atomic mass is 9.82. The van der Waals surface area contributed by atoms with Crippen molar-refractivity contribution in [3.8, 4) is 0 Å². The van der Waals surface area contributed by atoms with Crippen LogP contribution < -0.4 is 5.73 Å². The van der Waals surface area contributed by atoms with E-state index in [0.717, 1.165) is 25.0 Å². The highest BCUT2D eigenvalue weighted by Gasteiger charge is 2.20. The Hall–Kier alpha value is -0.0800. The minimum Gasteiger partial charge on any atom is -0.384 e. The minimum atomic E-state index is 0.767. The van der Waals surface area contributed by atoms with Crippen molar-refractivity contribution in [1.29, 1.82) is 0 Å². The van der Waals surface area contributed by atoms with E-state index in [2.05, 4.69) is 0 Å². The maximum atomic E-state index is 5.62. The molecule has 0 aromatic heterocycles. The zero-order chi connectivity index (χ0) is 8.10. The smallest absolute Gasteiger partial charge is 0.0490 e. The van der Waals surface area contributed by atoms with Gasteiger partial charge >= 0.3 is 0 Å². The van der Waals surface area contributed by atoms with Crippen molar-refractivity contribution in [2.75, 3.05) is 20.3 Å². The average molecular weight is 157 g/mol. The standard InChI is InChI=1S/C9H19NO/c1-11-7-9-4-2-3-8(5-9)6-10/h8-9H,2-7,10H2,1H3. The molecule has 0 bridgehead atoms. The highest BCUT2D eigenvalue weighted by atomic mass is 16.5. The van der Waals surface area contributed by atoms with Gasteiger partial charge in [-0.25, -0.2) is 0 Å². The van der Waals surface area contributed by atoms with Crippen LogP contribution in [0.25, 0.3) is 0 Å². The van der Waals surface area contributed by atoms with Gasteiger partial charge in [-0.1, -0.05) is 6.42 Å². The topological polar surface area (TPSA) is 35.2 Å². The molecule has 1 aliphatic carbocycles. The second-order valence-electron chi connectivity index (χ2n) is 3.59. The van der Waals surface area contributed by atoms with E-state index in [1.54, 1.807) is 7.11 Å². The molecule has 1 aliphatic rings. The number of nitrogens with two attached hydrogens (primary N) is 1. The minimum absolute atomic E-state index is 0.767. The van der Waals surface area contributed by atoms with Crippen LogP contribution in [0.1, 0.15) is 25.7 Å². The first-order valence-electron chi connectivity index (χ1n) is 4.55. The molecule has 2 atom stereocenters. The fourth-order valence-corrected chi connectivity index (χ4v) is 2.00. The fourth-order valence-electron chi connectivity index (χ4n) is 2.00. The van der Waals surface area contributed by atoms with Crippen LogP contribution in [0, 0.1) is 11.8 Å². The largest absolute Gasteiger partial charge is 0.384 e. The van der Waals surface area contributed by atoms with Crippen molar-refractivity contribution in [2.24, 2.45) is 17.6 Å². The van der Waals surface area contributed by atoms with Crippen LogP contribution in [0.2, 0.25) is 0 Å². The van der Waals surface area contributed by atoms with Gasteiger partial charge in [-0.2, -0.15) is 0 Å². The first-order chi connectivity index (χ1) is 5.36. The molecule has 2 unspecified atom stereocenters. The molecule has 0 aromatic carbocycles. The molecule has 0 radical (unpaired) electrons. The first kappa shape index (κ1) is 9.01. The van der Waals surface area contributed by atoms with Crippen molar-refractivity contribution >= 4 is 0 Å². The Labute approximate surface area is 69.1 Å². The molecule has 11 heavy (non-hydrogen) atoms. The molecular weight excluding hydrogens is 138 g/mol. The summed E-state index contributed by atoms with van der Waals surface area (Å²) < 4.78 is 5.13. The van der Waals surface area contributed by atoms with Crippen LogP contribution >= 0.6 is 0 Å². The monoisotopic (exact) mass is 157 g/mol. The molecule has 0 aromatic rings. The van der Waals surface area contributed by atoms with Gasteiger partial charge in [0, 0.05) is 13.7 Å². The Balaban J connectivity index is 2.21. The van der Waals surface area contributed by atoms with E-state index in [-0.39, 0.29) is 0 Å². The van der Waals surface area contributed by atoms with Crippen molar-refractivity contribution in [2.45, 2.75) is 25.7 Å². The molecule has 1 fully saturated rings. The van der Waals surface area contributed by atoms with E-state index in [1.807, 2.05) is 0 Å². The van der Waals surface area contributed by atoms with Crippen LogP contribution in [-0.2, 0) is 4.74 Å². The summed E-state index contributed by atoms with van der Waals surface area (Å²) in [4.78, 5) is 0. The quantitative estimate of drug-likeness (QED) is 0.672. The van der Waals surface area contributed by atoms with Gasteiger partial charge in [0.05, 0.1) is 0 Å². The molecular formula is C9H19NO. The van der Waals surface area contributed by atoms with Gasteiger partial charge < -0.3 is 10.5 Å². The first-order valence-corrected chi connectivity index (χ1v) is 4.55. The van der Waals surface area contributed by atoms with Gasteiger partial charge in [-0.05, 0) is 37.6 Å². The molecule has 0 heterocycles. The summed E-state index contributed by atoms with van der Waals surface area (Å²) in [5, 5.41) is 0. The summed E-state index contributed by atoms with van der Waals surface area (Å²) >= 11 is 0. The molecule has 1 saturated carbocycles. The van der Waals surface area contributed by atoms with E-state index >= 15 is 0 Å². The van der Waals surface area contributed by atoms with Gasteiger partial charge in [0.25, 0.3) is 0 Å². The summed E-state index contributed by atoms with van der Waals surface area (Å²) in [7, 11) is 1.78. The van der Waals surface area contributed by atoms with Gasteiger partial charge in [0.1, 0.15) is 0 Å². The molecule has 0 aliphatic heterocycles. The molecule has 1 rings (SSSR count). The lowest BCUT2D eigenvalue weighted by Gasteiger charge is -2.27. The third-order valence-corrected chi connectivity index (χ3v) is 2.63. The Bertz CT molecular complexity index is 104. The summed E-state index contributed by atoms with van der Waals surface area (Å²) in [5.74, 6) is 1.55. The third kappa shape index (κ3) is 2.80. The van der Waals surface area contributed by atoms with Crippen LogP contribution in [0.15, 0.2) is 0 Å². The molecule has 2 heteroatoms. The molecule has 2 N–H and O–H groups in total. The van der Waals surface area contributed by atoms with Crippen molar-refractivity contribution in [3.63, 3.8) is 0 Å². The number of hydrogen-bond acceptors (Lipinski definition) is 2. The Morgan fingerprint density at radius 1 is 1.36 bits per heavy atom. The maximum Gasteiger partial charge on any atom is 0.0490 e. The van der Waals surface area contributed by atoms with Gasteiger partial charge in [-0.15, -0.1) is 0 Å².